The molecule has 2 N–H and O–H groups in total. The first-order valence-corrected chi connectivity index (χ1v) is 7.36. The van der Waals surface area contributed by atoms with Crippen molar-refractivity contribution in [3.8, 4) is 0 Å². The summed E-state index contributed by atoms with van der Waals surface area (Å²) in [7, 11) is 0. The predicted octanol–water partition coefficient (Wildman–Crippen LogP) is 3.99. The number of aryl methyl sites for hydroxylation is 1. The highest BCUT2D eigenvalue weighted by atomic mass is 32.2. The fourth-order valence-corrected chi connectivity index (χ4v) is 3.97. The zero-order valence-electron chi connectivity index (χ0n) is 11.1. The van der Waals surface area contributed by atoms with E-state index in [-0.39, 0.29) is 0 Å². The monoisotopic (exact) mass is 249 g/mol. The maximum Gasteiger partial charge on any atom is 0.0251 e. The highest BCUT2D eigenvalue weighted by molar-refractivity contribution is 8.00. The van der Waals surface area contributed by atoms with Crippen molar-refractivity contribution in [2.45, 2.75) is 56.2 Å². The third-order valence-corrected chi connectivity index (χ3v) is 5.30. The van der Waals surface area contributed by atoms with Crippen molar-refractivity contribution in [3.05, 3.63) is 29.8 Å². The van der Waals surface area contributed by atoms with E-state index < -0.39 is 0 Å². The average Bonchev–Trinajstić information content (AvgIpc) is 2.28. The quantitative estimate of drug-likeness (QED) is 0.857. The van der Waals surface area contributed by atoms with Gasteiger partial charge in [-0.1, -0.05) is 38.0 Å². The van der Waals surface area contributed by atoms with Crippen molar-refractivity contribution >= 4 is 11.8 Å². The maximum absolute atomic E-state index is 6.41. The molecule has 0 aromatic heterocycles. The van der Waals surface area contributed by atoms with Crippen LogP contribution in [0.3, 0.4) is 0 Å². The predicted molar refractivity (Wildman–Crippen MR) is 76.4 cm³/mol. The van der Waals surface area contributed by atoms with Crippen LogP contribution in [-0.4, -0.2) is 11.3 Å². The third-order valence-electron chi connectivity index (χ3n) is 3.92. The minimum atomic E-state index is 0.292. The van der Waals surface area contributed by atoms with Gasteiger partial charge in [-0.05, 0) is 37.3 Å². The molecule has 0 saturated heterocycles. The van der Waals surface area contributed by atoms with Crippen molar-refractivity contribution < 1.29 is 0 Å². The summed E-state index contributed by atoms with van der Waals surface area (Å²) in [5.41, 5.74) is 8.03. The van der Waals surface area contributed by atoms with E-state index in [1.807, 2.05) is 11.8 Å². The first-order valence-electron chi connectivity index (χ1n) is 6.48. The minimum Gasteiger partial charge on any atom is -0.326 e. The SMILES string of the molecule is Cc1ccc(SC2CCCC(C)(C)C2N)cc1. The Labute approximate surface area is 109 Å². The van der Waals surface area contributed by atoms with Crippen LogP contribution in [-0.2, 0) is 0 Å². The summed E-state index contributed by atoms with van der Waals surface area (Å²) in [6.07, 6.45) is 3.83. The topological polar surface area (TPSA) is 26.0 Å². The molecule has 1 aliphatic rings. The highest BCUT2D eigenvalue weighted by Gasteiger charge is 2.36. The smallest absolute Gasteiger partial charge is 0.0251 e. The van der Waals surface area contributed by atoms with E-state index in [1.165, 1.54) is 29.7 Å². The third kappa shape index (κ3) is 3.05. The molecule has 0 spiro atoms. The van der Waals surface area contributed by atoms with E-state index >= 15 is 0 Å². The molecule has 1 saturated carbocycles. The highest BCUT2D eigenvalue weighted by Crippen LogP contribution is 2.41. The van der Waals surface area contributed by atoms with Gasteiger partial charge in [-0.3, -0.25) is 0 Å². The minimum absolute atomic E-state index is 0.292. The Bertz CT molecular complexity index is 369. The van der Waals surface area contributed by atoms with E-state index in [1.54, 1.807) is 0 Å². The van der Waals surface area contributed by atoms with E-state index in [4.69, 9.17) is 5.73 Å². The lowest BCUT2D eigenvalue weighted by Crippen LogP contribution is -2.48. The molecule has 0 bridgehead atoms. The van der Waals surface area contributed by atoms with Crippen LogP contribution in [0.2, 0.25) is 0 Å². The van der Waals surface area contributed by atoms with Crippen LogP contribution in [0.25, 0.3) is 0 Å². The van der Waals surface area contributed by atoms with Gasteiger partial charge in [-0.2, -0.15) is 0 Å². The number of hydrogen-bond acceptors (Lipinski definition) is 2. The van der Waals surface area contributed by atoms with E-state index in [0.29, 0.717) is 16.7 Å². The van der Waals surface area contributed by atoms with Crippen LogP contribution >= 0.6 is 11.8 Å². The summed E-state index contributed by atoms with van der Waals surface area (Å²) < 4.78 is 0. The summed E-state index contributed by atoms with van der Waals surface area (Å²) in [6.45, 7) is 6.74. The summed E-state index contributed by atoms with van der Waals surface area (Å²) in [5.74, 6) is 0. The number of rotatable bonds is 2. The van der Waals surface area contributed by atoms with E-state index in [9.17, 15) is 0 Å². The van der Waals surface area contributed by atoms with Crippen molar-refractivity contribution in [1.29, 1.82) is 0 Å². The molecule has 94 valence electrons. The Kier molecular flexibility index (Phi) is 3.84. The summed E-state index contributed by atoms with van der Waals surface area (Å²) in [5, 5.41) is 0.571. The Morgan fingerprint density at radius 1 is 1.24 bits per heavy atom. The largest absolute Gasteiger partial charge is 0.326 e. The van der Waals surface area contributed by atoms with E-state index in [0.717, 1.165) is 0 Å². The number of nitrogens with two attached hydrogens (primary N) is 1. The van der Waals surface area contributed by atoms with Crippen molar-refractivity contribution in [2.24, 2.45) is 11.1 Å². The van der Waals surface area contributed by atoms with Crippen molar-refractivity contribution in [1.82, 2.24) is 0 Å². The average molecular weight is 249 g/mol. The number of benzene rings is 1. The van der Waals surface area contributed by atoms with Crippen LogP contribution in [0.5, 0.6) is 0 Å². The first kappa shape index (κ1) is 13.0. The molecule has 2 atom stereocenters. The van der Waals surface area contributed by atoms with Crippen LogP contribution in [0, 0.1) is 12.3 Å². The zero-order chi connectivity index (χ0) is 12.5. The second-order valence-electron chi connectivity index (χ2n) is 5.88. The number of thioether (sulfide) groups is 1. The lowest BCUT2D eigenvalue weighted by Gasteiger charge is -2.41. The normalized spacial score (nSPS) is 28.0. The van der Waals surface area contributed by atoms with Gasteiger partial charge in [-0.25, -0.2) is 0 Å². The van der Waals surface area contributed by atoms with Gasteiger partial charge in [0.15, 0.2) is 0 Å². The van der Waals surface area contributed by atoms with Gasteiger partial charge >= 0.3 is 0 Å². The Morgan fingerprint density at radius 3 is 2.53 bits per heavy atom. The Hall–Kier alpha value is -0.470. The molecule has 1 fully saturated rings. The first-order chi connectivity index (χ1) is 7.99. The van der Waals surface area contributed by atoms with Gasteiger partial charge in [0.05, 0.1) is 0 Å². The number of hydrogen-bond donors (Lipinski definition) is 1. The standard InChI is InChI=1S/C15H23NS/c1-11-6-8-12(9-7-11)17-13-5-4-10-15(2,3)14(13)16/h6-9,13-14H,4-5,10,16H2,1-3H3. The zero-order valence-corrected chi connectivity index (χ0v) is 11.9. The van der Waals surface area contributed by atoms with Crippen molar-refractivity contribution in [3.63, 3.8) is 0 Å². The lowest BCUT2D eigenvalue weighted by atomic mass is 9.73. The fraction of sp³-hybridized carbons (Fsp3) is 0.600. The summed E-state index contributed by atoms with van der Waals surface area (Å²) >= 11 is 1.96. The van der Waals surface area contributed by atoms with E-state index in [2.05, 4.69) is 45.0 Å². The molecule has 0 radical (unpaired) electrons. The molecular formula is C15H23NS. The molecule has 0 heterocycles. The lowest BCUT2D eigenvalue weighted by molar-refractivity contribution is 0.208. The van der Waals surface area contributed by atoms with Gasteiger partial charge in [0.25, 0.3) is 0 Å². The molecular weight excluding hydrogens is 226 g/mol. The molecule has 1 nitrogen and oxygen atoms in total. The van der Waals surface area contributed by atoms with Crippen LogP contribution in [0.1, 0.15) is 38.7 Å². The summed E-state index contributed by atoms with van der Waals surface area (Å²) in [4.78, 5) is 1.36. The molecule has 1 aliphatic carbocycles. The molecule has 2 heteroatoms. The van der Waals surface area contributed by atoms with Gasteiger partial charge in [0.2, 0.25) is 0 Å². The van der Waals surface area contributed by atoms with Gasteiger partial charge in [0.1, 0.15) is 0 Å². The molecule has 0 aliphatic heterocycles. The van der Waals surface area contributed by atoms with Gasteiger partial charge < -0.3 is 5.73 Å². The van der Waals surface area contributed by atoms with Crippen LogP contribution < -0.4 is 5.73 Å². The van der Waals surface area contributed by atoms with Crippen molar-refractivity contribution in [2.75, 3.05) is 0 Å². The van der Waals surface area contributed by atoms with Gasteiger partial charge in [0, 0.05) is 16.2 Å². The Morgan fingerprint density at radius 2 is 1.88 bits per heavy atom. The molecule has 2 rings (SSSR count). The molecule has 1 aromatic rings. The molecule has 1 aromatic carbocycles. The Balaban J connectivity index is 2.05. The van der Waals surface area contributed by atoms with Crippen LogP contribution in [0.15, 0.2) is 29.2 Å². The second-order valence-corrected chi connectivity index (χ2v) is 7.19. The van der Waals surface area contributed by atoms with Crippen LogP contribution in [0.4, 0.5) is 0 Å². The summed E-state index contributed by atoms with van der Waals surface area (Å²) in [6, 6.07) is 9.11. The second kappa shape index (κ2) is 5.03. The molecule has 2 unspecified atom stereocenters. The molecule has 0 amide bonds. The van der Waals surface area contributed by atoms with Gasteiger partial charge in [-0.15, -0.1) is 11.8 Å². The fourth-order valence-electron chi connectivity index (χ4n) is 2.53. The maximum atomic E-state index is 6.41. The molecule has 17 heavy (non-hydrogen) atoms.